The summed E-state index contributed by atoms with van der Waals surface area (Å²) in [5.41, 5.74) is 5.25. The Kier molecular flexibility index (Phi) is 15.4. The van der Waals surface area contributed by atoms with Gasteiger partial charge in [-0.1, -0.05) is 66.2 Å². The molecule has 0 aromatic rings. The van der Waals surface area contributed by atoms with Crippen LogP contribution < -0.4 is 5.73 Å². The third-order valence-electron chi connectivity index (χ3n) is 4.65. The quantitative estimate of drug-likeness (QED) is 0.273. The van der Waals surface area contributed by atoms with Crippen molar-refractivity contribution in [3.05, 3.63) is 0 Å². The van der Waals surface area contributed by atoms with Gasteiger partial charge in [-0.15, -0.1) is 0 Å². The van der Waals surface area contributed by atoms with Crippen LogP contribution in [0.25, 0.3) is 0 Å². The zero-order chi connectivity index (χ0) is 19.8. The summed E-state index contributed by atoms with van der Waals surface area (Å²) in [7, 11) is -3.48. The molecular weight excluding hydrogens is 353 g/mol. The molecule has 0 saturated carbocycles. The van der Waals surface area contributed by atoms with Crippen molar-refractivity contribution < 1.29 is 23.1 Å². The van der Waals surface area contributed by atoms with Gasteiger partial charge < -0.3 is 19.5 Å². The molecule has 0 aliphatic carbocycles. The molecule has 0 heterocycles. The van der Waals surface area contributed by atoms with Crippen LogP contribution in [0.5, 0.6) is 0 Å². The van der Waals surface area contributed by atoms with Crippen LogP contribution in [0.15, 0.2) is 0 Å². The summed E-state index contributed by atoms with van der Waals surface area (Å²) in [6, 6.07) is 0. The molecule has 2 unspecified atom stereocenters. The van der Waals surface area contributed by atoms with Gasteiger partial charge in [-0.05, 0) is 24.7 Å². The number of esters is 1. The lowest BCUT2D eigenvalue weighted by molar-refractivity contribution is -0.140. The number of carbonyl (C=O) groups excluding carboxylic acids is 1. The second kappa shape index (κ2) is 15.6. The summed E-state index contributed by atoms with van der Waals surface area (Å²) in [6.07, 6.45) is 8.08. The maximum Gasteiger partial charge on any atom is 0.367 e. The van der Waals surface area contributed by atoms with Crippen LogP contribution in [0, 0.1) is 11.8 Å². The number of hydrogen-bond acceptors (Lipinski definition) is 6. The van der Waals surface area contributed by atoms with Crippen molar-refractivity contribution >= 4 is 13.6 Å². The van der Waals surface area contributed by atoms with Crippen LogP contribution in [0.1, 0.15) is 79.1 Å². The summed E-state index contributed by atoms with van der Waals surface area (Å²) in [6.45, 7) is 8.97. The Bertz CT molecular complexity index is 381. The number of unbranched alkanes of at least 4 members (excludes halogenated alkanes) is 2. The maximum absolute atomic E-state index is 13.1. The molecule has 0 aromatic carbocycles. The van der Waals surface area contributed by atoms with E-state index in [2.05, 4.69) is 27.7 Å². The Hall–Kier alpha value is -0.420. The van der Waals surface area contributed by atoms with Gasteiger partial charge in [-0.3, -0.25) is 9.36 Å². The number of ether oxygens (including phenoxy) is 1. The molecule has 0 aliphatic heterocycles. The van der Waals surface area contributed by atoms with Gasteiger partial charge in [-0.2, -0.15) is 0 Å². The third kappa shape index (κ3) is 12.1. The largest absolute Gasteiger partial charge is 0.452 e. The first-order chi connectivity index (χ1) is 12.4. The molecule has 0 aromatic heterocycles. The van der Waals surface area contributed by atoms with Gasteiger partial charge in [-0.25, -0.2) is 0 Å². The van der Waals surface area contributed by atoms with E-state index in [1.807, 2.05) is 0 Å². The molecule has 7 heteroatoms. The van der Waals surface area contributed by atoms with Crippen molar-refractivity contribution in [3.63, 3.8) is 0 Å². The van der Waals surface area contributed by atoms with E-state index in [1.54, 1.807) is 0 Å². The summed E-state index contributed by atoms with van der Waals surface area (Å²) in [5, 5.41) is 0. The zero-order valence-electron chi connectivity index (χ0n) is 17.2. The second-order valence-corrected chi connectivity index (χ2v) is 8.88. The molecule has 0 rings (SSSR count). The second-order valence-electron chi connectivity index (χ2n) is 6.89. The molecule has 2 atom stereocenters. The normalized spacial score (nSPS) is 16.0. The molecule has 0 bridgehead atoms. The fraction of sp³-hybridized carbons (Fsp3) is 0.947. The molecule has 0 fully saturated rings. The van der Waals surface area contributed by atoms with Crippen LogP contribution in [-0.2, 0) is 23.1 Å². The lowest BCUT2D eigenvalue weighted by Crippen LogP contribution is -2.20. The molecule has 156 valence electrons. The van der Waals surface area contributed by atoms with E-state index in [-0.39, 0.29) is 12.9 Å². The van der Waals surface area contributed by atoms with Crippen molar-refractivity contribution in [3.8, 4) is 0 Å². The highest BCUT2D eigenvalue weighted by molar-refractivity contribution is 7.53. The Morgan fingerprint density at radius 1 is 0.923 bits per heavy atom. The van der Waals surface area contributed by atoms with Gasteiger partial charge in [0, 0.05) is 0 Å². The Labute approximate surface area is 160 Å². The topological polar surface area (TPSA) is 87.9 Å². The van der Waals surface area contributed by atoms with Gasteiger partial charge >= 0.3 is 13.6 Å². The van der Waals surface area contributed by atoms with E-state index in [0.29, 0.717) is 25.0 Å². The van der Waals surface area contributed by atoms with Crippen LogP contribution in [0.2, 0.25) is 0 Å². The minimum absolute atomic E-state index is 0.248. The standard InChI is InChI=1S/C19H40NO5P/c1-5-9-11-17(7-3)14-24-26(22,16-23-19(21)13-20)25-15-18(8-4)12-10-6-2/h17-18H,5-16,20H2,1-4H3. The minimum Gasteiger partial charge on any atom is -0.452 e. The number of carbonyl (C=O) groups is 1. The third-order valence-corrected chi connectivity index (χ3v) is 6.18. The highest BCUT2D eigenvalue weighted by Crippen LogP contribution is 2.49. The van der Waals surface area contributed by atoms with E-state index in [0.717, 1.165) is 51.4 Å². The lowest BCUT2D eigenvalue weighted by Gasteiger charge is -2.23. The molecule has 0 amide bonds. The molecule has 2 N–H and O–H groups in total. The highest BCUT2D eigenvalue weighted by Gasteiger charge is 2.29. The molecular formula is C19H40NO5P. The van der Waals surface area contributed by atoms with Crippen LogP contribution in [-0.4, -0.2) is 32.1 Å². The predicted molar refractivity (Wildman–Crippen MR) is 106 cm³/mol. The predicted octanol–water partition coefficient (Wildman–Crippen LogP) is 5.10. The van der Waals surface area contributed by atoms with Gasteiger partial charge in [0.05, 0.1) is 19.8 Å². The molecule has 26 heavy (non-hydrogen) atoms. The number of hydrogen-bond donors (Lipinski definition) is 1. The van der Waals surface area contributed by atoms with Crippen molar-refractivity contribution in [1.29, 1.82) is 0 Å². The first kappa shape index (κ1) is 25.6. The average Bonchev–Trinajstić information content (AvgIpc) is 2.66. The summed E-state index contributed by atoms with van der Waals surface area (Å²) in [5.74, 6) is 0.0618. The number of rotatable bonds is 17. The lowest BCUT2D eigenvalue weighted by atomic mass is 10.0. The zero-order valence-corrected chi connectivity index (χ0v) is 18.1. The van der Waals surface area contributed by atoms with E-state index in [4.69, 9.17) is 19.5 Å². The van der Waals surface area contributed by atoms with Gasteiger partial charge in [0.2, 0.25) is 0 Å². The highest BCUT2D eigenvalue weighted by atomic mass is 31.2. The van der Waals surface area contributed by atoms with E-state index in [9.17, 15) is 9.36 Å². The van der Waals surface area contributed by atoms with E-state index in [1.165, 1.54) is 0 Å². The van der Waals surface area contributed by atoms with Gasteiger partial charge in [0.1, 0.15) is 0 Å². The van der Waals surface area contributed by atoms with Gasteiger partial charge in [0.15, 0.2) is 6.35 Å². The molecule has 0 saturated heterocycles. The average molecular weight is 394 g/mol. The molecule has 0 radical (unpaired) electrons. The van der Waals surface area contributed by atoms with Crippen LogP contribution in [0.3, 0.4) is 0 Å². The monoisotopic (exact) mass is 393 g/mol. The maximum atomic E-state index is 13.1. The molecule has 0 spiro atoms. The van der Waals surface area contributed by atoms with Crippen molar-refractivity contribution in [2.75, 3.05) is 26.1 Å². The Morgan fingerprint density at radius 2 is 1.38 bits per heavy atom. The Morgan fingerprint density at radius 3 is 1.73 bits per heavy atom. The van der Waals surface area contributed by atoms with Crippen LogP contribution >= 0.6 is 7.60 Å². The SMILES string of the molecule is CCCCC(CC)COP(=O)(COC(=O)CN)OCC(CC)CCCC. The van der Waals surface area contributed by atoms with E-state index < -0.39 is 13.6 Å². The molecule has 6 nitrogen and oxygen atoms in total. The fourth-order valence-corrected chi connectivity index (χ4v) is 3.96. The van der Waals surface area contributed by atoms with E-state index >= 15 is 0 Å². The smallest absolute Gasteiger partial charge is 0.367 e. The Balaban J connectivity index is 4.76. The molecule has 0 aliphatic rings. The summed E-state index contributed by atoms with van der Waals surface area (Å²) < 4.78 is 29.4. The number of nitrogens with two attached hydrogens (primary N) is 1. The first-order valence-corrected chi connectivity index (χ1v) is 11.9. The summed E-state index contributed by atoms with van der Waals surface area (Å²) in [4.78, 5) is 11.4. The minimum atomic E-state index is -3.48. The van der Waals surface area contributed by atoms with Gasteiger partial charge in [0.25, 0.3) is 0 Å². The van der Waals surface area contributed by atoms with Crippen molar-refractivity contribution in [2.45, 2.75) is 79.1 Å². The summed E-state index contributed by atoms with van der Waals surface area (Å²) >= 11 is 0. The fourth-order valence-electron chi connectivity index (χ4n) is 2.56. The first-order valence-electron chi connectivity index (χ1n) is 10.2. The van der Waals surface area contributed by atoms with Crippen LogP contribution in [0.4, 0.5) is 0 Å². The van der Waals surface area contributed by atoms with Crippen molar-refractivity contribution in [1.82, 2.24) is 0 Å². The van der Waals surface area contributed by atoms with Crippen molar-refractivity contribution in [2.24, 2.45) is 17.6 Å².